The normalized spacial score (nSPS) is 25.4. The molecule has 1 aromatic carbocycles. The Morgan fingerprint density at radius 1 is 1.11 bits per heavy atom. The number of nitrogens with two attached hydrogens (primary N) is 1. The van der Waals surface area contributed by atoms with Gasteiger partial charge in [-0.15, -0.1) is 12.4 Å². The van der Waals surface area contributed by atoms with Crippen molar-refractivity contribution < 1.29 is 0 Å². The first-order chi connectivity index (χ1) is 12.8. The Labute approximate surface area is 168 Å². The van der Waals surface area contributed by atoms with E-state index in [4.69, 9.17) is 5.73 Å². The van der Waals surface area contributed by atoms with Gasteiger partial charge in [0.25, 0.3) is 0 Å². The van der Waals surface area contributed by atoms with Crippen LogP contribution in [0.4, 0.5) is 5.82 Å². The molecule has 0 saturated carbocycles. The average molecular weight is 388 g/mol. The molecule has 0 unspecified atom stereocenters. The van der Waals surface area contributed by atoms with Gasteiger partial charge in [0.15, 0.2) is 0 Å². The Bertz CT molecular complexity index is 711. The van der Waals surface area contributed by atoms with Gasteiger partial charge in [0.05, 0.1) is 0 Å². The summed E-state index contributed by atoms with van der Waals surface area (Å²) in [6, 6.07) is 17.8. The molecule has 2 fully saturated rings. The van der Waals surface area contributed by atoms with Crippen molar-refractivity contribution >= 4 is 18.2 Å². The lowest BCUT2D eigenvalue weighted by atomic mass is 9.96. The summed E-state index contributed by atoms with van der Waals surface area (Å²) in [6.07, 6.45) is 2.21. The molecular weight excluding hydrogens is 358 g/mol. The molecule has 3 heterocycles. The first-order valence-corrected chi connectivity index (χ1v) is 9.71. The molecule has 2 aromatic rings. The quantitative estimate of drug-likeness (QED) is 0.708. The monoisotopic (exact) mass is 387 g/mol. The van der Waals surface area contributed by atoms with E-state index in [1.54, 1.807) is 0 Å². The highest BCUT2D eigenvalue weighted by atomic mass is 35.5. The summed E-state index contributed by atoms with van der Waals surface area (Å²) in [7, 11) is 0. The number of likely N-dealkylation sites (tertiary alicyclic amines) is 1. The second-order valence-electron chi connectivity index (χ2n) is 7.66. The van der Waals surface area contributed by atoms with Crippen LogP contribution >= 0.6 is 12.4 Å². The highest BCUT2D eigenvalue weighted by Gasteiger charge is 2.31. The number of hydrogen-bond acceptors (Lipinski definition) is 5. The number of nitrogens with zero attached hydrogens (tertiary/aromatic N) is 2. The molecule has 4 rings (SSSR count). The van der Waals surface area contributed by atoms with Crippen molar-refractivity contribution in [2.45, 2.75) is 31.5 Å². The Morgan fingerprint density at radius 3 is 2.78 bits per heavy atom. The Hall–Kier alpha value is -1.66. The van der Waals surface area contributed by atoms with Crippen molar-refractivity contribution in [3.63, 3.8) is 0 Å². The number of anilines is 1. The molecule has 0 aliphatic carbocycles. The van der Waals surface area contributed by atoms with E-state index >= 15 is 0 Å². The predicted molar refractivity (Wildman–Crippen MR) is 113 cm³/mol. The molecule has 6 heteroatoms. The minimum absolute atomic E-state index is 0. The Kier molecular flexibility index (Phi) is 7.07. The van der Waals surface area contributed by atoms with Gasteiger partial charge in [-0.3, -0.25) is 4.90 Å². The third-order valence-corrected chi connectivity index (χ3v) is 5.61. The van der Waals surface area contributed by atoms with Gasteiger partial charge in [-0.25, -0.2) is 4.98 Å². The standard InChI is InChI=1S/C21H29N5.ClH/c22-21-8-4-7-18(25-21)11-17-12-23-13-20(17)24-19-9-10-26(15-19)14-16-5-2-1-3-6-16;/h1-8,17,19-20,23-24H,9-15H2,(H2,22,25);1H/t17-,19-,20-;/m0./s1. The highest BCUT2D eigenvalue weighted by Crippen LogP contribution is 2.19. The van der Waals surface area contributed by atoms with Crippen LogP contribution in [0.3, 0.4) is 0 Å². The van der Waals surface area contributed by atoms with Crippen LogP contribution in [-0.2, 0) is 13.0 Å². The molecule has 146 valence electrons. The van der Waals surface area contributed by atoms with Gasteiger partial charge in [-0.2, -0.15) is 0 Å². The fourth-order valence-electron chi connectivity index (χ4n) is 4.28. The van der Waals surface area contributed by atoms with Crippen LogP contribution in [0.25, 0.3) is 0 Å². The zero-order valence-electron chi connectivity index (χ0n) is 15.7. The molecule has 0 amide bonds. The van der Waals surface area contributed by atoms with E-state index < -0.39 is 0 Å². The van der Waals surface area contributed by atoms with E-state index in [0.717, 1.165) is 38.3 Å². The zero-order chi connectivity index (χ0) is 17.8. The number of pyridine rings is 1. The van der Waals surface area contributed by atoms with E-state index in [1.165, 1.54) is 18.5 Å². The minimum Gasteiger partial charge on any atom is -0.384 e. The predicted octanol–water partition coefficient (Wildman–Crippen LogP) is 2.08. The second kappa shape index (κ2) is 9.51. The van der Waals surface area contributed by atoms with Gasteiger partial charge in [0.1, 0.15) is 5.82 Å². The number of nitrogens with one attached hydrogen (secondary N) is 2. The molecule has 5 nitrogen and oxygen atoms in total. The van der Waals surface area contributed by atoms with Crippen LogP contribution in [0.1, 0.15) is 17.7 Å². The Balaban J connectivity index is 0.00000210. The summed E-state index contributed by atoms with van der Waals surface area (Å²) >= 11 is 0. The van der Waals surface area contributed by atoms with Crippen molar-refractivity contribution in [2.24, 2.45) is 5.92 Å². The van der Waals surface area contributed by atoms with E-state index in [1.807, 2.05) is 12.1 Å². The lowest BCUT2D eigenvalue weighted by molar-refractivity contribution is 0.307. The number of nitrogen functional groups attached to an aromatic ring is 1. The third kappa shape index (κ3) is 5.42. The smallest absolute Gasteiger partial charge is 0.123 e. The second-order valence-corrected chi connectivity index (χ2v) is 7.66. The molecule has 2 aliphatic heterocycles. The van der Waals surface area contributed by atoms with Gasteiger partial charge in [0, 0.05) is 44.0 Å². The molecule has 0 radical (unpaired) electrons. The van der Waals surface area contributed by atoms with Gasteiger partial charge < -0.3 is 16.4 Å². The summed E-state index contributed by atoms with van der Waals surface area (Å²) in [4.78, 5) is 7.04. The lowest BCUT2D eigenvalue weighted by Gasteiger charge is -2.24. The summed E-state index contributed by atoms with van der Waals surface area (Å²) in [6.45, 7) is 5.46. The van der Waals surface area contributed by atoms with Crippen LogP contribution in [0.2, 0.25) is 0 Å². The van der Waals surface area contributed by atoms with Gasteiger partial charge in [-0.1, -0.05) is 36.4 Å². The van der Waals surface area contributed by atoms with Crippen LogP contribution in [0, 0.1) is 5.92 Å². The number of rotatable bonds is 6. The average Bonchev–Trinajstić information content (AvgIpc) is 3.26. The van der Waals surface area contributed by atoms with E-state index in [9.17, 15) is 0 Å². The van der Waals surface area contributed by atoms with Crippen LogP contribution in [0.5, 0.6) is 0 Å². The number of hydrogen-bond donors (Lipinski definition) is 3. The maximum atomic E-state index is 5.83. The summed E-state index contributed by atoms with van der Waals surface area (Å²) in [5, 5.41) is 7.46. The molecular formula is C21H30ClN5. The highest BCUT2D eigenvalue weighted by molar-refractivity contribution is 5.85. The molecule has 2 saturated heterocycles. The number of halogens is 1. The molecule has 2 aliphatic rings. The molecule has 4 N–H and O–H groups in total. The van der Waals surface area contributed by atoms with Crippen LogP contribution < -0.4 is 16.4 Å². The maximum Gasteiger partial charge on any atom is 0.123 e. The van der Waals surface area contributed by atoms with Gasteiger partial charge >= 0.3 is 0 Å². The Morgan fingerprint density at radius 2 is 1.96 bits per heavy atom. The van der Waals surface area contributed by atoms with Crippen molar-refractivity contribution in [2.75, 3.05) is 31.9 Å². The summed E-state index contributed by atoms with van der Waals surface area (Å²) < 4.78 is 0. The molecule has 1 aromatic heterocycles. The topological polar surface area (TPSA) is 66.2 Å². The van der Waals surface area contributed by atoms with Crippen molar-refractivity contribution in [3.05, 3.63) is 59.8 Å². The van der Waals surface area contributed by atoms with E-state index in [-0.39, 0.29) is 12.4 Å². The zero-order valence-corrected chi connectivity index (χ0v) is 16.5. The van der Waals surface area contributed by atoms with E-state index in [0.29, 0.717) is 23.8 Å². The SMILES string of the molecule is Cl.Nc1cccc(C[C@H]2CNC[C@@H]2N[C@H]2CCN(Cc3ccccc3)C2)n1. The van der Waals surface area contributed by atoms with Crippen molar-refractivity contribution in [1.82, 2.24) is 20.5 Å². The molecule has 0 spiro atoms. The first-order valence-electron chi connectivity index (χ1n) is 9.71. The fraction of sp³-hybridized carbons (Fsp3) is 0.476. The summed E-state index contributed by atoms with van der Waals surface area (Å²) in [5.74, 6) is 1.19. The fourth-order valence-corrected chi connectivity index (χ4v) is 4.28. The minimum atomic E-state index is 0. The van der Waals surface area contributed by atoms with E-state index in [2.05, 4.69) is 56.9 Å². The molecule has 0 bridgehead atoms. The first kappa shape index (κ1) is 20.1. The number of benzene rings is 1. The van der Waals surface area contributed by atoms with Gasteiger partial charge in [-0.05, 0) is 43.0 Å². The molecule has 27 heavy (non-hydrogen) atoms. The van der Waals surface area contributed by atoms with Crippen LogP contribution in [-0.4, -0.2) is 48.1 Å². The van der Waals surface area contributed by atoms with Crippen LogP contribution in [0.15, 0.2) is 48.5 Å². The van der Waals surface area contributed by atoms with Gasteiger partial charge in [0.2, 0.25) is 0 Å². The van der Waals surface area contributed by atoms with Crippen molar-refractivity contribution in [1.29, 1.82) is 0 Å². The van der Waals surface area contributed by atoms with Crippen molar-refractivity contribution in [3.8, 4) is 0 Å². The third-order valence-electron chi connectivity index (χ3n) is 5.61. The molecule has 3 atom stereocenters. The number of aromatic nitrogens is 1. The maximum absolute atomic E-state index is 5.83. The summed E-state index contributed by atoms with van der Waals surface area (Å²) in [5.41, 5.74) is 8.33. The largest absolute Gasteiger partial charge is 0.384 e. The lowest BCUT2D eigenvalue weighted by Crippen LogP contribution is -2.44.